The smallest absolute Gasteiger partial charge is 0.168 e. The molecule has 4 nitrogen and oxygen atoms in total. The molecule has 0 N–H and O–H groups in total. The Bertz CT molecular complexity index is 849. The highest BCUT2D eigenvalue weighted by atomic mass is 16.5. The van der Waals surface area contributed by atoms with E-state index in [4.69, 9.17) is 9.47 Å². The van der Waals surface area contributed by atoms with Crippen LogP contribution in [0.15, 0.2) is 42.6 Å². The highest BCUT2D eigenvalue weighted by Gasteiger charge is 2.14. The van der Waals surface area contributed by atoms with Gasteiger partial charge in [-0.05, 0) is 35.9 Å². The second kappa shape index (κ2) is 5.56. The SMILES string of the molecule is COc1cc(C=O)cc(-c2ccc3c(ccn3C)c2)c1OC. The molecule has 3 aromatic rings. The Balaban J connectivity index is 2.25. The summed E-state index contributed by atoms with van der Waals surface area (Å²) in [6.07, 6.45) is 2.83. The number of rotatable bonds is 4. The summed E-state index contributed by atoms with van der Waals surface area (Å²) in [7, 11) is 5.18. The highest BCUT2D eigenvalue weighted by molar-refractivity contribution is 5.89. The van der Waals surface area contributed by atoms with Crippen LogP contribution in [-0.2, 0) is 7.05 Å². The van der Waals surface area contributed by atoms with Gasteiger partial charge in [0.25, 0.3) is 0 Å². The summed E-state index contributed by atoms with van der Waals surface area (Å²) >= 11 is 0. The van der Waals surface area contributed by atoms with Gasteiger partial charge in [-0.1, -0.05) is 6.07 Å². The maximum atomic E-state index is 11.2. The van der Waals surface area contributed by atoms with Crippen LogP contribution in [0, 0.1) is 0 Å². The van der Waals surface area contributed by atoms with E-state index in [9.17, 15) is 4.79 Å². The van der Waals surface area contributed by atoms with E-state index >= 15 is 0 Å². The van der Waals surface area contributed by atoms with E-state index < -0.39 is 0 Å². The van der Waals surface area contributed by atoms with Crippen molar-refractivity contribution in [3.8, 4) is 22.6 Å². The molecule has 2 aromatic carbocycles. The molecule has 0 aliphatic heterocycles. The zero-order chi connectivity index (χ0) is 15.7. The zero-order valence-electron chi connectivity index (χ0n) is 12.8. The fourth-order valence-electron chi connectivity index (χ4n) is 2.72. The third-order valence-electron chi connectivity index (χ3n) is 3.83. The molecule has 0 atom stereocenters. The molecule has 4 heteroatoms. The van der Waals surface area contributed by atoms with Gasteiger partial charge in [0.2, 0.25) is 0 Å². The maximum Gasteiger partial charge on any atom is 0.168 e. The predicted octanol–water partition coefficient (Wildman–Crippen LogP) is 3.68. The summed E-state index contributed by atoms with van der Waals surface area (Å²) in [5.74, 6) is 1.18. The highest BCUT2D eigenvalue weighted by Crippen LogP contribution is 2.39. The third kappa shape index (κ3) is 2.22. The van der Waals surface area contributed by atoms with Gasteiger partial charge < -0.3 is 14.0 Å². The summed E-state index contributed by atoms with van der Waals surface area (Å²) in [4.78, 5) is 11.2. The summed E-state index contributed by atoms with van der Waals surface area (Å²) < 4.78 is 12.9. The van der Waals surface area contributed by atoms with Gasteiger partial charge >= 0.3 is 0 Å². The number of benzene rings is 2. The minimum atomic E-state index is 0.551. The quantitative estimate of drug-likeness (QED) is 0.689. The Morgan fingerprint density at radius 3 is 2.55 bits per heavy atom. The van der Waals surface area contributed by atoms with Crippen molar-refractivity contribution in [2.24, 2.45) is 7.05 Å². The number of hydrogen-bond acceptors (Lipinski definition) is 3. The van der Waals surface area contributed by atoms with Gasteiger partial charge in [-0.2, -0.15) is 0 Å². The number of methoxy groups -OCH3 is 2. The fourth-order valence-corrected chi connectivity index (χ4v) is 2.72. The Morgan fingerprint density at radius 2 is 1.86 bits per heavy atom. The van der Waals surface area contributed by atoms with Crippen LogP contribution >= 0.6 is 0 Å². The molecule has 3 rings (SSSR count). The van der Waals surface area contributed by atoms with Crippen molar-refractivity contribution < 1.29 is 14.3 Å². The number of hydrogen-bond donors (Lipinski definition) is 0. The standard InChI is InChI=1S/C18H17NO3/c1-19-7-6-14-10-13(4-5-16(14)19)15-8-12(11-20)9-17(21-2)18(15)22-3/h4-11H,1-3H3. The summed E-state index contributed by atoms with van der Waals surface area (Å²) in [6.45, 7) is 0. The lowest BCUT2D eigenvalue weighted by atomic mass is 10.00. The van der Waals surface area contributed by atoms with E-state index in [0.29, 0.717) is 17.1 Å². The molecular formula is C18H17NO3. The third-order valence-corrected chi connectivity index (χ3v) is 3.83. The van der Waals surface area contributed by atoms with Crippen molar-refractivity contribution >= 4 is 17.2 Å². The lowest BCUT2D eigenvalue weighted by Gasteiger charge is -2.14. The molecule has 0 saturated heterocycles. The molecule has 0 radical (unpaired) electrons. The van der Waals surface area contributed by atoms with Crippen molar-refractivity contribution in [3.63, 3.8) is 0 Å². The van der Waals surface area contributed by atoms with E-state index in [1.54, 1.807) is 20.3 Å². The molecule has 0 amide bonds. The number of ether oxygens (including phenoxy) is 2. The first kappa shape index (κ1) is 14.2. The molecule has 0 saturated carbocycles. The fraction of sp³-hybridized carbons (Fsp3) is 0.167. The van der Waals surface area contributed by atoms with Crippen molar-refractivity contribution in [2.75, 3.05) is 14.2 Å². The average molecular weight is 295 g/mol. The molecule has 0 spiro atoms. The first-order valence-corrected chi connectivity index (χ1v) is 6.94. The van der Waals surface area contributed by atoms with Gasteiger partial charge in [0, 0.05) is 35.3 Å². The minimum absolute atomic E-state index is 0.551. The van der Waals surface area contributed by atoms with Gasteiger partial charge in [0.15, 0.2) is 11.5 Å². The van der Waals surface area contributed by atoms with Gasteiger partial charge in [-0.3, -0.25) is 4.79 Å². The number of fused-ring (bicyclic) bond motifs is 1. The molecule has 0 bridgehead atoms. The summed E-state index contributed by atoms with van der Waals surface area (Å²) in [5.41, 5.74) is 3.54. The molecule has 0 aliphatic rings. The maximum absolute atomic E-state index is 11.2. The van der Waals surface area contributed by atoms with Crippen LogP contribution in [0.1, 0.15) is 10.4 Å². The van der Waals surface area contributed by atoms with Gasteiger partial charge in [0.05, 0.1) is 14.2 Å². The van der Waals surface area contributed by atoms with Crippen LogP contribution < -0.4 is 9.47 Å². The van der Waals surface area contributed by atoms with Crippen molar-refractivity contribution in [3.05, 3.63) is 48.2 Å². The second-order valence-electron chi connectivity index (χ2n) is 5.12. The molecule has 112 valence electrons. The minimum Gasteiger partial charge on any atom is -0.493 e. The zero-order valence-corrected chi connectivity index (χ0v) is 12.8. The van der Waals surface area contributed by atoms with Crippen LogP contribution in [0.25, 0.3) is 22.0 Å². The number of carbonyl (C=O) groups excluding carboxylic acids is 1. The van der Waals surface area contributed by atoms with Gasteiger partial charge in [-0.15, -0.1) is 0 Å². The van der Waals surface area contributed by atoms with E-state index in [1.807, 2.05) is 25.4 Å². The molecule has 0 unspecified atom stereocenters. The van der Waals surface area contributed by atoms with Crippen LogP contribution in [0.3, 0.4) is 0 Å². The first-order chi connectivity index (χ1) is 10.7. The molecule has 0 fully saturated rings. The van der Waals surface area contributed by atoms with E-state index in [1.165, 1.54) is 0 Å². The Kier molecular flexibility index (Phi) is 3.59. The van der Waals surface area contributed by atoms with Crippen LogP contribution in [0.2, 0.25) is 0 Å². The van der Waals surface area contributed by atoms with E-state index in [0.717, 1.165) is 28.3 Å². The summed E-state index contributed by atoms with van der Waals surface area (Å²) in [6, 6.07) is 11.7. The first-order valence-electron chi connectivity index (χ1n) is 6.94. The number of carbonyl (C=O) groups is 1. The second-order valence-corrected chi connectivity index (χ2v) is 5.12. The van der Waals surface area contributed by atoms with Crippen molar-refractivity contribution in [1.82, 2.24) is 4.57 Å². The van der Waals surface area contributed by atoms with Crippen molar-refractivity contribution in [2.45, 2.75) is 0 Å². The number of aldehydes is 1. The Labute approximate surface area is 128 Å². The normalized spacial score (nSPS) is 10.7. The van der Waals surface area contributed by atoms with Crippen molar-refractivity contribution in [1.29, 1.82) is 0 Å². The Morgan fingerprint density at radius 1 is 1.05 bits per heavy atom. The largest absolute Gasteiger partial charge is 0.493 e. The molecule has 1 aromatic heterocycles. The lowest BCUT2D eigenvalue weighted by Crippen LogP contribution is -1.96. The van der Waals surface area contributed by atoms with Crippen LogP contribution in [0.4, 0.5) is 0 Å². The number of nitrogens with zero attached hydrogens (tertiary/aromatic N) is 1. The number of aryl methyl sites for hydroxylation is 1. The molecule has 0 aliphatic carbocycles. The van der Waals surface area contributed by atoms with E-state index in [-0.39, 0.29) is 0 Å². The monoisotopic (exact) mass is 295 g/mol. The topological polar surface area (TPSA) is 40.5 Å². The van der Waals surface area contributed by atoms with Gasteiger partial charge in [0.1, 0.15) is 6.29 Å². The van der Waals surface area contributed by atoms with Crippen LogP contribution in [-0.4, -0.2) is 25.1 Å². The molecule has 1 heterocycles. The average Bonchev–Trinajstić information content (AvgIpc) is 2.94. The van der Waals surface area contributed by atoms with Crippen LogP contribution in [0.5, 0.6) is 11.5 Å². The van der Waals surface area contributed by atoms with E-state index in [2.05, 4.69) is 22.8 Å². The summed E-state index contributed by atoms with van der Waals surface area (Å²) in [5, 5.41) is 1.14. The molecule has 22 heavy (non-hydrogen) atoms. The van der Waals surface area contributed by atoms with Gasteiger partial charge in [-0.25, -0.2) is 0 Å². The Hall–Kier alpha value is -2.75. The lowest BCUT2D eigenvalue weighted by molar-refractivity contribution is 0.112. The molecular weight excluding hydrogens is 278 g/mol. The number of aromatic nitrogens is 1. The predicted molar refractivity (Wildman–Crippen MR) is 86.8 cm³/mol.